The second kappa shape index (κ2) is 16.2. The number of fused-ring (bicyclic) bond motifs is 2. The first kappa shape index (κ1) is 37.5. The molecule has 2 saturated heterocycles. The predicted octanol–water partition coefficient (Wildman–Crippen LogP) is 6.49. The van der Waals surface area contributed by atoms with Crippen molar-refractivity contribution in [2.24, 2.45) is 16.8 Å². The van der Waals surface area contributed by atoms with Gasteiger partial charge in [0.1, 0.15) is 17.2 Å². The highest BCUT2D eigenvalue weighted by molar-refractivity contribution is 7.17. The fourth-order valence-corrected chi connectivity index (χ4v) is 7.46. The minimum absolute atomic E-state index is 0. The van der Waals surface area contributed by atoms with Crippen molar-refractivity contribution in [2.45, 2.75) is 99.3 Å². The van der Waals surface area contributed by atoms with E-state index in [1.807, 2.05) is 27.9 Å². The Morgan fingerprint density at radius 1 is 0.978 bits per heavy atom. The Hall–Kier alpha value is -2.98. The molecule has 0 bridgehead atoms. The molecule has 0 aliphatic carbocycles. The predicted molar refractivity (Wildman–Crippen MR) is 189 cm³/mol. The standard InChI is InChI=1S/C15H20ClN5O2S.C12H16N4O2S.C2H6.CH4/c1-5-9-8(2)6-10(23-9)21-13-11(24-15(21)22)12(16)18-14(19-13)17-7-20(3)4;1-3-7-6(2)4-9(18-7)16-10-8(19-12(16)17)5-14-11(13)15-10;1-2;/h7-10H,5-6H2,1-4H3;5-7,9H,3-4H2,1-2H3,(H2,13,14,15);1-2H3;1H4/t8-,9+,10+;6-,7+,9+;;/m00../s1. The fourth-order valence-electron chi connectivity index (χ4n) is 5.51. The summed E-state index contributed by atoms with van der Waals surface area (Å²) >= 11 is 8.41. The van der Waals surface area contributed by atoms with Crippen molar-refractivity contribution >= 4 is 73.2 Å². The lowest BCUT2D eigenvalue weighted by atomic mass is 10.0. The van der Waals surface area contributed by atoms with E-state index < -0.39 is 0 Å². The summed E-state index contributed by atoms with van der Waals surface area (Å²) in [6.07, 6.45) is 6.46. The Bertz CT molecular complexity index is 1750. The molecule has 2 aliphatic heterocycles. The van der Waals surface area contributed by atoms with Crippen LogP contribution in [0.1, 0.15) is 87.1 Å². The summed E-state index contributed by atoms with van der Waals surface area (Å²) in [7, 11) is 3.70. The van der Waals surface area contributed by atoms with Crippen LogP contribution in [0.25, 0.3) is 20.7 Å². The molecule has 2 aliphatic rings. The van der Waals surface area contributed by atoms with Gasteiger partial charge in [0, 0.05) is 14.1 Å². The molecule has 6 rings (SSSR count). The second-order valence-corrected chi connectivity index (χ2v) is 13.4. The molecule has 2 fully saturated rings. The molecule has 0 radical (unpaired) electrons. The summed E-state index contributed by atoms with van der Waals surface area (Å²) in [5.41, 5.74) is 6.68. The van der Waals surface area contributed by atoms with Crippen LogP contribution in [-0.2, 0) is 9.47 Å². The van der Waals surface area contributed by atoms with Crippen molar-refractivity contribution in [3.63, 3.8) is 0 Å². The van der Waals surface area contributed by atoms with Gasteiger partial charge in [-0.3, -0.25) is 18.7 Å². The molecular weight excluding hydrogens is 650 g/mol. The highest BCUT2D eigenvalue weighted by atomic mass is 35.5. The van der Waals surface area contributed by atoms with Gasteiger partial charge in [-0.05, 0) is 37.5 Å². The van der Waals surface area contributed by atoms with Crippen molar-refractivity contribution in [1.29, 1.82) is 0 Å². The van der Waals surface area contributed by atoms with Crippen molar-refractivity contribution < 1.29 is 9.47 Å². The number of aliphatic imine (C=N–C) groups is 1. The topological polar surface area (TPSA) is 156 Å². The lowest BCUT2D eigenvalue weighted by molar-refractivity contribution is -0.00404. The minimum Gasteiger partial charge on any atom is -0.369 e. The molecule has 254 valence electrons. The molecule has 0 aromatic carbocycles. The molecule has 16 heteroatoms. The number of halogens is 1. The Labute approximate surface area is 282 Å². The molecule has 46 heavy (non-hydrogen) atoms. The maximum atomic E-state index is 12.5. The van der Waals surface area contributed by atoms with Gasteiger partial charge in [-0.2, -0.15) is 15.0 Å². The zero-order valence-electron chi connectivity index (χ0n) is 26.9. The largest absolute Gasteiger partial charge is 0.369 e. The van der Waals surface area contributed by atoms with Gasteiger partial charge in [-0.25, -0.2) is 9.98 Å². The molecule has 0 unspecified atom stereocenters. The first-order valence-electron chi connectivity index (χ1n) is 15.2. The summed E-state index contributed by atoms with van der Waals surface area (Å²) in [6.45, 7) is 12.5. The Morgan fingerprint density at radius 2 is 1.52 bits per heavy atom. The van der Waals surface area contributed by atoms with Crippen molar-refractivity contribution in [2.75, 3.05) is 19.8 Å². The van der Waals surface area contributed by atoms with E-state index in [9.17, 15) is 9.59 Å². The van der Waals surface area contributed by atoms with Crippen LogP contribution in [0.2, 0.25) is 5.15 Å². The quantitative estimate of drug-likeness (QED) is 0.134. The first-order chi connectivity index (χ1) is 21.5. The molecule has 2 N–H and O–H groups in total. The van der Waals surface area contributed by atoms with E-state index in [1.54, 1.807) is 26.6 Å². The Kier molecular flexibility index (Phi) is 13.2. The third-order valence-electron chi connectivity index (χ3n) is 7.65. The van der Waals surface area contributed by atoms with Crippen LogP contribution in [0.3, 0.4) is 0 Å². The summed E-state index contributed by atoms with van der Waals surface area (Å²) < 4.78 is 16.5. The van der Waals surface area contributed by atoms with Gasteiger partial charge < -0.3 is 20.1 Å². The van der Waals surface area contributed by atoms with E-state index in [1.165, 1.54) is 0 Å². The molecule has 0 spiro atoms. The smallest absolute Gasteiger partial charge is 0.311 e. The maximum Gasteiger partial charge on any atom is 0.311 e. The van der Waals surface area contributed by atoms with Gasteiger partial charge in [0.05, 0.1) is 29.4 Å². The summed E-state index contributed by atoms with van der Waals surface area (Å²) in [6, 6.07) is 0. The van der Waals surface area contributed by atoms with Crippen LogP contribution in [0, 0.1) is 11.8 Å². The monoisotopic (exact) mass is 695 g/mol. The van der Waals surface area contributed by atoms with Crippen LogP contribution in [-0.4, -0.2) is 66.6 Å². The van der Waals surface area contributed by atoms with Crippen LogP contribution in [0.4, 0.5) is 11.9 Å². The van der Waals surface area contributed by atoms with Gasteiger partial charge >= 0.3 is 9.75 Å². The zero-order chi connectivity index (χ0) is 33.0. The number of rotatable bonds is 6. The lowest BCUT2D eigenvalue weighted by Gasteiger charge is -2.14. The van der Waals surface area contributed by atoms with Crippen molar-refractivity contribution in [3.8, 4) is 0 Å². The number of thiazole rings is 2. The molecule has 13 nitrogen and oxygen atoms in total. The number of nitrogens with zero attached hydrogens (tertiary/aromatic N) is 8. The van der Waals surface area contributed by atoms with E-state index in [4.69, 9.17) is 26.8 Å². The molecule has 6 heterocycles. The first-order valence-corrected chi connectivity index (χ1v) is 17.2. The average Bonchev–Trinajstić information content (AvgIpc) is 3.74. The van der Waals surface area contributed by atoms with Gasteiger partial charge in [0.25, 0.3) is 5.95 Å². The van der Waals surface area contributed by atoms with Gasteiger partial charge in [0.15, 0.2) is 16.4 Å². The average molecular weight is 696 g/mol. The normalized spacial score (nSPS) is 24.0. The maximum absolute atomic E-state index is 12.5. The molecule has 4 aromatic rings. The van der Waals surface area contributed by atoms with E-state index in [0.717, 1.165) is 53.1 Å². The molecular formula is C30H46ClN9O4S2. The number of nitrogen functional groups attached to an aromatic ring is 1. The molecule has 6 atom stereocenters. The second-order valence-electron chi connectivity index (χ2n) is 11.1. The van der Waals surface area contributed by atoms with Gasteiger partial charge in [-0.1, -0.05) is 83.2 Å². The van der Waals surface area contributed by atoms with Gasteiger partial charge in [-0.15, -0.1) is 0 Å². The van der Waals surface area contributed by atoms with E-state index >= 15 is 0 Å². The van der Waals surface area contributed by atoms with Crippen molar-refractivity contribution in [3.05, 3.63) is 30.7 Å². The van der Waals surface area contributed by atoms with Crippen LogP contribution >= 0.6 is 34.3 Å². The number of ether oxygens (including phenoxy) is 2. The fraction of sp³-hybridized carbons (Fsp3) is 0.633. The van der Waals surface area contributed by atoms with Crippen LogP contribution in [0.5, 0.6) is 0 Å². The minimum atomic E-state index is -0.317. The lowest BCUT2D eigenvalue weighted by Crippen LogP contribution is -2.20. The molecule has 0 saturated carbocycles. The van der Waals surface area contributed by atoms with E-state index in [2.05, 4.69) is 52.6 Å². The summed E-state index contributed by atoms with van der Waals surface area (Å²) in [5, 5.41) is 0.241. The van der Waals surface area contributed by atoms with E-state index in [-0.39, 0.29) is 58.9 Å². The van der Waals surface area contributed by atoms with Crippen LogP contribution in [0.15, 0.2) is 20.8 Å². The molecule has 0 amide bonds. The van der Waals surface area contributed by atoms with Crippen molar-refractivity contribution in [1.82, 2.24) is 34.0 Å². The number of hydrogen-bond donors (Lipinski definition) is 1. The summed E-state index contributed by atoms with van der Waals surface area (Å²) in [4.78, 5) is 47.0. The third kappa shape index (κ3) is 7.93. The highest BCUT2D eigenvalue weighted by Gasteiger charge is 2.35. The number of nitrogens with two attached hydrogens (primary N) is 1. The van der Waals surface area contributed by atoms with E-state index in [0.29, 0.717) is 27.8 Å². The third-order valence-corrected chi connectivity index (χ3v) is 9.87. The zero-order valence-corrected chi connectivity index (χ0v) is 29.3. The molecule has 4 aromatic heterocycles. The number of anilines is 1. The van der Waals surface area contributed by atoms with Crippen LogP contribution < -0.4 is 15.5 Å². The summed E-state index contributed by atoms with van der Waals surface area (Å²) in [5.74, 6) is 1.24. The Balaban J connectivity index is 0.000000238. The SMILES string of the molecule is C.CC.CC[C@H]1O[C@@H](n2c(=O)sc3c(Cl)nc(N=CN(C)C)nc32)C[C@@H]1C.CC[C@H]1O[C@@H](n2c(=O)sc3cnc(N)nc32)C[C@@H]1C. The number of hydrogen-bond acceptors (Lipinski definition) is 12. The van der Waals surface area contributed by atoms with Gasteiger partial charge in [0.2, 0.25) is 5.95 Å². The number of aromatic nitrogens is 6. The Morgan fingerprint density at radius 3 is 2.04 bits per heavy atom. The highest BCUT2D eigenvalue weighted by Crippen LogP contribution is 2.38.